The first-order valence-electron chi connectivity index (χ1n) is 12.6. The van der Waals surface area contributed by atoms with Crippen LogP contribution in [0.4, 0.5) is 8.78 Å². The SMILES string of the molecule is C[C@H]1CC[C@H](c2ccccc2)S(=O)(=O)N1Cc1cc(F)c([C@]2(CN3CNNC3O)C[C@](C)(O)C2)cc1F. The Morgan fingerprint density at radius 1 is 1.11 bits per heavy atom. The Hall–Kier alpha value is -1.99. The van der Waals surface area contributed by atoms with Crippen molar-refractivity contribution in [2.45, 2.75) is 74.7 Å². The first kappa shape index (κ1) is 26.6. The van der Waals surface area contributed by atoms with Crippen LogP contribution in [0.2, 0.25) is 0 Å². The maximum absolute atomic E-state index is 15.6. The molecule has 1 saturated carbocycles. The summed E-state index contributed by atoms with van der Waals surface area (Å²) in [7, 11) is -3.80. The summed E-state index contributed by atoms with van der Waals surface area (Å²) in [6.07, 6.45) is 0.496. The number of hydrazine groups is 1. The van der Waals surface area contributed by atoms with E-state index in [0.717, 1.165) is 12.1 Å². The molecule has 0 radical (unpaired) electrons. The van der Waals surface area contributed by atoms with Crippen LogP contribution in [0, 0.1) is 11.6 Å². The maximum Gasteiger partial charge on any atom is 0.221 e. The Labute approximate surface area is 216 Å². The lowest BCUT2D eigenvalue weighted by Gasteiger charge is -2.53. The van der Waals surface area contributed by atoms with Gasteiger partial charge < -0.3 is 10.2 Å². The van der Waals surface area contributed by atoms with Crippen LogP contribution >= 0.6 is 0 Å². The standard InChI is InChI=1S/C26H34F2N4O4S/c1-17-8-9-23(18-6-4-3-5-7-18)37(35,36)32(17)12-19-10-22(28)20(11-21(19)27)26(13-25(2,34)14-26)15-31-16-29-30-24(31)33/h3-7,10-11,17,23-24,29-30,33-34H,8-9,12-16H2,1-2H3/t17-,23+,24?,25-,26+/m0/s1. The zero-order chi connectivity index (χ0) is 26.6. The van der Waals surface area contributed by atoms with Crippen LogP contribution in [0.1, 0.15) is 61.5 Å². The van der Waals surface area contributed by atoms with Gasteiger partial charge in [-0.15, -0.1) is 0 Å². The molecule has 1 aliphatic carbocycles. The summed E-state index contributed by atoms with van der Waals surface area (Å²) in [5, 5.41) is 19.9. The molecule has 2 aliphatic heterocycles. The van der Waals surface area contributed by atoms with E-state index < -0.39 is 44.3 Å². The number of nitrogens with one attached hydrogen (secondary N) is 2. The van der Waals surface area contributed by atoms with Crippen LogP contribution in [0.25, 0.3) is 0 Å². The predicted molar refractivity (Wildman–Crippen MR) is 134 cm³/mol. The third-order valence-electron chi connectivity index (χ3n) is 8.03. The van der Waals surface area contributed by atoms with Gasteiger partial charge in [-0.2, -0.15) is 4.31 Å². The third-order valence-corrected chi connectivity index (χ3v) is 10.4. The molecule has 3 fully saturated rings. The summed E-state index contributed by atoms with van der Waals surface area (Å²) in [6, 6.07) is 10.8. The second-order valence-corrected chi connectivity index (χ2v) is 13.1. The molecular formula is C26H34F2N4O4S. The zero-order valence-corrected chi connectivity index (χ0v) is 21.8. The number of aliphatic hydroxyl groups is 2. The van der Waals surface area contributed by atoms with Gasteiger partial charge in [0.15, 0.2) is 6.35 Å². The van der Waals surface area contributed by atoms with E-state index in [9.17, 15) is 18.6 Å². The Bertz CT molecular complexity index is 1250. The first-order chi connectivity index (χ1) is 17.4. The molecule has 37 heavy (non-hydrogen) atoms. The van der Waals surface area contributed by atoms with E-state index in [1.54, 1.807) is 43.0 Å². The van der Waals surface area contributed by atoms with E-state index in [0.29, 0.717) is 25.1 Å². The zero-order valence-electron chi connectivity index (χ0n) is 21.0. The number of benzene rings is 2. The summed E-state index contributed by atoms with van der Waals surface area (Å²) in [6.45, 7) is 3.68. The molecule has 2 aromatic rings. The Morgan fingerprint density at radius 3 is 2.43 bits per heavy atom. The smallest absolute Gasteiger partial charge is 0.221 e. The van der Waals surface area contributed by atoms with E-state index >= 15 is 8.78 Å². The number of sulfonamides is 1. The lowest BCUT2D eigenvalue weighted by molar-refractivity contribution is -0.100. The molecule has 4 N–H and O–H groups in total. The fraction of sp³-hybridized carbons (Fsp3) is 0.538. The maximum atomic E-state index is 15.6. The van der Waals surface area contributed by atoms with Gasteiger partial charge in [-0.05, 0) is 62.8 Å². The van der Waals surface area contributed by atoms with Gasteiger partial charge in [-0.3, -0.25) is 0 Å². The lowest BCUT2D eigenvalue weighted by atomic mass is 9.56. The van der Waals surface area contributed by atoms with Crippen molar-refractivity contribution in [3.63, 3.8) is 0 Å². The van der Waals surface area contributed by atoms with E-state index in [2.05, 4.69) is 10.9 Å². The molecule has 2 heterocycles. The summed E-state index contributed by atoms with van der Waals surface area (Å²) in [5.41, 5.74) is 4.31. The molecule has 0 bridgehead atoms. The highest BCUT2D eigenvalue weighted by molar-refractivity contribution is 7.89. The molecular weight excluding hydrogens is 502 g/mol. The van der Waals surface area contributed by atoms with Gasteiger partial charge in [0.25, 0.3) is 0 Å². The van der Waals surface area contributed by atoms with Crippen LogP contribution in [0.15, 0.2) is 42.5 Å². The molecule has 202 valence electrons. The minimum absolute atomic E-state index is 0.0313. The van der Waals surface area contributed by atoms with E-state index in [1.165, 1.54) is 4.31 Å². The van der Waals surface area contributed by atoms with Crippen molar-refractivity contribution in [1.82, 2.24) is 20.1 Å². The van der Waals surface area contributed by atoms with Crippen molar-refractivity contribution in [3.8, 4) is 0 Å². The predicted octanol–water partition coefficient (Wildman–Crippen LogP) is 2.45. The molecule has 3 atom stereocenters. The fourth-order valence-electron chi connectivity index (χ4n) is 6.38. The Morgan fingerprint density at radius 2 is 1.81 bits per heavy atom. The number of hydrogen-bond acceptors (Lipinski definition) is 7. The second kappa shape index (κ2) is 9.64. The second-order valence-electron chi connectivity index (χ2n) is 11.1. The van der Waals surface area contributed by atoms with E-state index in [-0.39, 0.29) is 43.1 Å². The molecule has 2 saturated heterocycles. The lowest BCUT2D eigenvalue weighted by Crippen LogP contribution is -2.59. The number of nitrogens with zero attached hydrogens (tertiary/aromatic N) is 2. The molecule has 1 unspecified atom stereocenters. The van der Waals surface area contributed by atoms with Crippen LogP contribution in [0.5, 0.6) is 0 Å². The molecule has 0 amide bonds. The quantitative estimate of drug-likeness (QED) is 0.450. The van der Waals surface area contributed by atoms with Gasteiger partial charge in [0.2, 0.25) is 10.0 Å². The molecule has 3 aliphatic rings. The summed E-state index contributed by atoms with van der Waals surface area (Å²) < 4.78 is 59.5. The van der Waals surface area contributed by atoms with Gasteiger partial charge in [0.1, 0.15) is 16.9 Å². The van der Waals surface area contributed by atoms with Crippen molar-refractivity contribution >= 4 is 10.0 Å². The topological polar surface area (TPSA) is 105 Å². The highest BCUT2D eigenvalue weighted by Gasteiger charge is 2.54. The van der Waals surface area contributed by atoms with Gasteiger partial charge >= 0.3 is 0 Å². The Balaban J connectivity index is 1.44. The normalized spacial score (nSPS) is 34.4. The summed E-state index contributed by atoms with van der Waals surface area (Å²) >= 11 is 0. The monoisotopic (exact) mass is 536 g/mol. The minimum atomic E-state index is -3.80. The van der Waals surface area contributed by atoms with Gasteiger partial charge in [0.05, 0.1) is 12.3 Å². The van der Waals surface area contributed by atoms with Gasteiger partial charge in [0, 0.05) is 30.1 Å². The van der Waals surface area contributed by atoms with Crippen molar-refractivity contribution in [1.29, 1.82) is 0 Å². The number of rotatable bonds is 6. The van der Waals surface area contributed by atoms with Crippen LogP contribution in [-0.4, -0.2) is 59.0 Å². The molecule has 8 nitrogen and oxygen atoms in total. The fourth-order valence-corrected chi connectivity index (χ4v) is 8.56. The van der Waals surface area contributed by atoms with Crippen molar-refractivity contribution in [2.24, 2.45) is 0 Å². The average Bonchev–Trinajstić information content (AvgIpc) is 3.21. The van der Waals surface area contributed by atoms with Crippen molar-refractivity contribution in [2.75, 3.05) is 13.2 Å². The summed E-state index contributed by atoms with van der Waals surface area (Å²) in [5.74, 6) is -1.34. The van der Waals surface area contributed by atoms with Crippen molar-refractivity contribution in [3.05, 3.63) is 70.8 Å². The number of aliphatic hydroxyl groups excluding tert-OH is 1. The van der Waals surface area contributed by atoms with Crippen molar-refractivity contribution < 1.29 is 27.4 Å². The first-order valence-corrected chi connectivity index (χ1v) is 14.1. The van der Waals surface area contributed by atoms with E-state index in [1.807, 2.05) is 6.07 Å². The largest absolute Gasteiger partial charge is 0.390 e. The third kappa shape index (κ3) is 4.94. The number of hydrogen-bond donors (Lipinski definition) is 4. The van der Waals surface area contributed by atoms with Gasteiger partial charge in [-0.25, -0.2) is 33.0 Å². The van der Waals surface area contributed by atoms with Gasteiger partial charge in [-0.1, -0.05) is 30.3 Å². The number of halogens is 2. The Kier molecular flexibility index (Phi) is 6.93. The summed E-state index contributed by atoms with van der Waals surface area (Å²) in [4.78, 5) is 1.65. The molecule has 0 spiro atoms. The van der Waals surface area contributed by atoms with Crippen LogP contribution in [-0.2, 0) is 22.0 Å². The molecule has 2 aromatic carbocycles. The minimum Gasteiger partial charge on any atom is -0.390 e. The highest BCUT2D eigenvalue weighted by Crippen LogP contribution is 2.52. The highest BCUT2D eigenvalue weighted by atomic mass is 32.2. The van der Waals surface area contributed by atoms with E-state index in [4.69, 9.17) is 0 Å². The molecule has 5 rings (SSSR count). The van der Waals surface area contributed by atoms with Crippen LogP contribution in [0.3, 0.4) is 0 Å². The van der Waals surface area contributed by atoms with Crippen LogP contribution < -0.4 is 10.9 Å². The molecule has 11 heteroatoms. The molecule has 0 aromatic heterocycles. The average molecular weight is 537 g/mol.